The number of nitrogens with zero attached hydrogens (tertiary/aromatic N) is 5. The number of imidazole rings is 1. The molecule has 3 rings (SSSR count). The summed E-state index contributed by atoms with van der Waals surface area (Å²) in [5, 5.41) is 2.89. The Hall–Kier alpha value is -2.42. The van der Waals surface area contributed by atoms with E-state index in [4.69, 9.17) is 0 Å². The summed E-state index contributed by atoms with van der Waals surface area (Å²) in [4.78, 5) is 43.0. The molecule has 0 atom stereocenters. The van der Waals surface area contributed by atoms with Crippen LogP contribution < -0.4 is 16.6 Å². The first kappa shape index (κ1) is 18.4. The zero-order valence-corrected chi connectivity index (χ0v) is 15.4. The van der Waals surface area contributed by atoms with Crippen LogP contribution >= 0.6 is 0 Å². The van der Waals surface area contributed by atoms with E-state index < -0.39 is 11.2 Å². The zero-order valence-electron chi connectivity index (χ0n) is 15.4. The Morgan fingerprint density at radius 3 is 2.62 bits per heavy atom. The minimum Gasteiger partial charge on any atom is -0.355 e. The molecule has 2 aromatic heterocycles. The first-order valence-corrected chi connectivity index (χ1v) is 9.09. The van der Waals surface area contributed by atoms with Crippen LogP contribution in [-0.4, -0.2) is 55.7 Å². The predicted molar refractivity (Wildman–Crippen MR) is 98.1 cm³/mol. The average molecular weight is 362 g/mol. The lowest BCUT2D eigenvalue weighted by molar-refractivity contribution is -0.121. The van der Waals surface area contributed by atoms with Gasteiger partial charge in [0.25, 0.3) is 5.56 Å². The molecule has 9 nitrogen and oxygen atoms in total. The van der Waals surface area contributed by atoms with Gasteiger partial charge in [-0.05, 0) is 38.9 Å². The van der Waals surface area contributed by atoms with Crippen molar-refractivity contribution in [2.24, 2.45) is 14.1 Å². The third-order valence-corrected chi connectivity index (χ3v) is 4.95. The zero-order chi connectivity index (χ0) is 18.7. The molecule has 0 aromatic carbocycles. The van der Waals surface area contributed by atoms with Crippen LogP contribution in [0.1, 0.15) is 25.7 Å². The van der Waals surface area contributed by atoms with Crippen molar-refractivity contribution >= 4 is 17.1 Å². The van der Waals surface area contributed by atoms with E-state index in [0.29, 0.717) is 6.54 Å². The number of hydrogen-bond donors (Lipinski definition) is 1. The van der Waals surface area contributed by atoms with Crippen molar-refractivity contribution in [1.82, 2.24) is 28.9 Å². The summed E-state index contributed by atoms with van der Waals surface area (Å²) in [5.41, 5.74) is -0.331. The van der Waals surface area contributed by atoms with Crippen molar-refractivity contribution in [1.29, 1.82) is 0 Å². The molecule has 1 fully saturated rings. The van der Waals surface area contributed by atoms with E-state index >= 15 is 0 Å². The van der Waals surface area contributed by atoms with Crippen molar-refractivity contribution in [3.8, 4) is 0 Å². The number of carbonyl (C=O) groups is 1. The molecule has 2 aromatic rings. The van der Waals surface area contributed by atoms with Gasteiger partial charge in [0.15, 0.2) is 11.2 Å². The maximum atomic E-state index is 12.4. The minimum atomic E-state index is -0.446. The van der Waals surface area contributed by atoms with Gasteiger partial charge in [0.2, 0.25) is 5.91 Å². The SMILES string of the molecule is Cn1c(=O)c2c(ncn2CC(=O)NCCCN2CCCCC2)n(C)c1=O. The number of hydrogen-bond acceptors (Lipinski definition) is 5. The highest BCUT2D eigenvalue weighted by Crippen LogP contribution is 2.08. The number of rotatable bonds is 6. The molecule has 1 aliphatic heterocycles. The van der Waals surface area contributed by atoms with Crippen molar-refractivity contribution in [3.05, 3.63) is 27.2 Å². The van der Waals surface area contributed by atoms with Crippen molar-refractivity contribution in [2.75, 3.05) is 26.2 Å². The van der Waals surface area contributed by atoms with Gasteiger partial charge >= 0.3 is 5.69 Å². The predicted octanol–water partition coefficient (Wildman–Crippen LogP) is -0.574. The Bertz CT molecular complexity index is 904. The lowest BCUT2D eigenvalue weighted by Gasteiger charge is -2.26. The highest BCUT2D eigenvalue weighted by Gasteiger charge is 2.16. The molecule has 0 spiro atoms. The smallest absolute Gasteiger partial charge is 0.332 e. The number of aromatic nitrogens is 4. The molecule has 1 amide bonds. The van der Waals surface area contributed by atoms with Crippen LogP contribution in [0.3, 0.4) is 0 Å². The summed E-state index contributed by atoms with van der Waals surface area (Å²) in [5.74, 6) is -0.168. The van der Waals surface area contributed by atoms with Gasteiger partial charge in [-0.1, -0.05) is 6.42 Å². The Balaban J connectivity index is 1.59. The van der Waals surface area contributed by atoms with E-state index in [-0.39, 0.29) is 23.6 Å². The van der Waals surface area contributed by atoms with Gasteiger partial charge in [0.05, 0.1) is 6.33 Å². The van der Waals surface area contributed by atoms with Gasteiger partial charge in [-0.2, -0.15) is 0 Å². The molecular formula is C17H26N6O3. The fourth-order valence-electron chi connectivity index (χ4n) is 3.44. The van der Waals surface area contributed by atoms with Gasteiger partial charge in [0.1, 0.15) is 6.54 Å². The number of piperidine rings is 1. The molecule has 0 bridgehead atoms. The summed E-state index contributed by atoms with van der Waals surface area (Å²) in [7, 11) is 2.98. The van der Waals surface area contributed by atoms with Crippen LogP contribution in [0, 0.1) is 0 Å². The second-order valence-corrected chi connectivity index (χ2v) is 6.86. The molecule has 1 aliphatic rings. The maximum absolute atomic E-state index is 12.4. The Labute approximate surface area is 151 Å². The van der Waals surface area contributed by atoms with Crippen LogP contribution in [0.4, 0.5) is 0 Å². The molecule has 0 aliphatic carbocycles. The molecule has 0 saturated carbocycles. The van der Waals surface area contributed by atoms with Crippen LogP contribution in [0.25, 0.3) is 11.2 Å². The van der Waals surface area contributed by atoms with Crippen LogP contribution in [0.5, 0.6) is 0 Å². The van der Waals surface area contributed by atoms with Crippen molar-refractivity contribution < 1.29 is 4.79 Å². The van der Waals surface area contributed by atoms with Gasteiger partial charge < -0.3 is 14.8 Å². The van der Waals surface area contributed by atoms with Crippen molar-refractivity contribution in [3.63, 3.8) is 0 Å². The second kappa shape index (κ2) is 7.86. The molecular weight excluding hydrogens is 336 g/mol. The number of likely N-dealkylation sites (tertiary alicyclic amines) is 1. The van der Waals surface area contributed by atoms with E-state index in [9.17, 15) is 14.4 Å². The van der Waals surface area contributed by atoms with Crippen LogP contribution in [-0.2, 0) is 25.4 Å². The Morgan fingerprint density at radius 1 is 1.15 bits per heavy atom. The number of aryl methyl sites for hydroxylation is 1. The summed E-state index contributed by atoms with van der Waals surface area (Å²) in [6.45, 7) is 3.91. The van der Waals surface area contributed by atoms with E-state index in [1.54, 1.807) is 7.05 Å². The maximum Gasteiger partial charge on any atom is 0.332 e. The largest absolute Gasteiger partial charge is 0.355 e. The lowest BCUT2D eigenvalue weighted by Crippen LogP contribution is -2.38. The van der Waals surface area contributed by atoms with E-state index in [0.717, 1.165) is 30.6 Å². The quantitative estimate of drug-likeness (QED) is 0.695. The average Bonchev–Trinajstić information content (AvgIpc) is 3.06. The molecule has 1 N–H and O–H groups in total. The summed E-state index contributed by atoms with van der Waals surface area (Å²) in [6, 6.07) is 0. The highest BCUT2D eigenvalue weighted by atomic mass is 16.2. The molecule has 26 heavy (non-hydrogen) atoms. The lowest BCUT2D eigenvalue weighted by atomic mass is 10.1. The molecule has 0 unspecified atom stereocenters. The second-order valence-electron chi connectivity index (χ2n) is 6.86. The van der Waals surface area contributed by atoms with E-state index in [1.165, 1.54) is 41.8 Å². The summed E-state index contributed by atoms with van der Waals surface area (Å²) in [6.07, 6.45) is 6.18. The third kappa shape index (κ3) is 3.72. The first-order chi connectivity index (χ1) is 12.5. The van der Waals surface area contributed by atoms with E-state index in [2.05, 4.69) is 15.2 Å². The van der Waals surface area contributed by atoms with Gasteiger partial charge in [0, 0.05) is 20.6 Å². The Kier molecular flexibility index (Phi) is 5.55. The van der Waals surface area contributed by atoms with E-state index in [1.807, 2.05) is 0 Å². The third-order valence-electron chi connectivity index (χ3n) is 4.95. The van der Waals surface area contributed by atoms with Crippen molar-refractivity contribution in [2.45, 2.75) is 32.2 Å². The van der Waals surface area contributed by atoms with Crippen LogP contribution in [0.2, 0.25) is 0 Å². The topological polar surface area (TPSA) is 94.2 Å². The standard InChI is InChI=1S/C17H26N6O3/c1-20-15-14(16(25)21(2)17(20)26)23(12-19-15)11-13(24)18-7-6-10-22-8-4-3-5-9-22/h12H,3-11H2,1-2H3,(H,18,24). The molecule has 9 heteroatoms. The van der Waals surface area contributed by atoms with Gasteiger partial charge in [-0.25, -0.2) is 9.78 Å². The monoisotopic (exact) mass is 362 g/mol. The van der Waals surface area contributed by atoms with Gasteiger partial charge in [-0.15, -0.1) is 0 Å². The highest BCUT2D eigenvalue weighted by molar-refractivity contribution is 5.78. The van der Waals surface area contributed by atoms with Crippen LogP contribution in [0.15, 0.2) is 15.9 Å². The fraction of sp³-hybridized carbons (Fsp3) is 0.647. The van der Waals surface area contributed by atoms with Gasteiger partial charge in [-0.3, -0.25) is 18.7 Å². The molecule has 0 radical (unpaired) electrons. The number of carbonyl (C=O) groups excluding carboxylic acids is 1. The fourth-order valence-corrected chi connectivity index (χ4v) is 3.44. The first-order valence-electron chi connectivity index (χ1n) is 9.09. The summed E-state index contributed by atoms with van der Waals surface area (Å²) < 4.78 is 3.83. The number of nitrogens with one attached hydrogen (secondary N) is 1. The molecule has 142 valence electrons. The molecule has 3 heterocycles. The normalized spacial score (nSPS) is 15.5. The minimum absolute atomic E-state index is 0.00760. The Morgan fingerprint density at radius 2 is 1.88 bits per heavy atom. The number of fused-ring (bicyclic) bond motifs is 1. The number of amides is 1. The summed E-state index contributed by atoms with van der Waals surface area (Å²) >= 11 is 0. The molecule has 1 saturated heterocycles.